The number of nitrogens with two attached hydrogens (primary N) is 1. The van der Waals surface area contributed by atoms with E-state index in [1.165, 1.54) is 0 Å². The molecule has 2 N–H and O–H groups in total. The van der Waals surface area contributed by atoms with Gasteiger partial charge in [0.15, 0.2) is 0 Å². The Hall–Kier alpha value is -1.53. The molecule has 0 bridgehead atoms. The summed E-state index contributed by atoms with van der Waals surface area (Å²) in [6, 6.07) is 8.44. The molecule has 2 rings (SSSR count). The molecule has 1 heterocycles. The van der Waals surface area contributed by atoms with Crippen LogP contribution >= 0.6 is 0 Å². The molecule has 1 aliphatic rings. The number of anilines is 1. The van der Waals surface area contributed by atoms with E-state index in [1.807, 2.05) is 25.1 Å². The highest BCUT2D eigenvalue weighted by Gasteiger charge is 2.36. The van der Waals surface area contributed by atoms with Crippen molar-refractivity contribution in [2.75, 3.05) is 25.9 Å². The van der Waals surface area contributed by atoms with E-state index in [0.717, 1.165) is 42.7 Å². The van der Waals surface area contributed by atoms with E-state index in [0.29, 0.717) is 0 Å². The van der Waals surface area contributed by atoms with Gasteiger partial charge in [0.05, 0.1) is 11.5 Å². The second-order valence-corrected chi connectivity index (χ2v) is 5.07. The van der Waals surface area contributed by atoms with Crippen molar-refractivity contribution in [1.29, 1.82) is 5.26 Å². The summed E-state index contributed by atoms with van der Waals surface area (Å²) in [6.45, 7) is 4.01. The maximum absolute atomic E-state index is 9.58. The lowest BCUT2D eigenvalue weighted by Crippen LogP contribution is -2.40. The van der Waals surface area contributed by atoms with E-state index in [4.69, 9.17) is 5.73 Å². The molecule has 1 aliphatic heterocycles. The van der Waals surface area contributed by atoms with Gasteiger partial charge in [0.1, 0.15) is 0 Å². The van der Waals surface area contributed by atoms with Gasteiger partial charge in [-0.1, -0.05) is 6.07 Å². The van der Waals surface area contributed by atoms with E-state index < -0.39 is 0 Å². The first-order chi connectivity index (χ1) is 8.07. The van der Waals surface area contributed by atoms with Crippen LogP contribution in [0.5, 0.6) is 0 Å². The molecular formula is C14H19N3. The third-order valence-corrected chi connectivity index (χ3v) is 3.82. The largest absolute Gasteiger partial charge is 0.399 e. The maximum atomic E-state index is 9.58. The summed E-state index contributed by atoms with van der Waals surface area (Å²) in [6.07, 6.45) is 1.81. The highest BCUT2D eigenvalue weighted by Crippen LogP contribution is 2.36. The zero-order valence-corrected chi connectivity index (χ0v) is 10.5. The van der Waals surface area contributed by atoms with Crippen LogP contribution in [0.3, 0.4) is 0 Å². The van der Waals surface area contributed by atoms with Gasteiger partial charge in [-0.25, -0.2) is 0 Å². The van der Waals surface area contributed by atoms with Crippen LogP contribution in [0.2, 0.25) is 0 Å². The van der Waals surface area contributed by atoms with Gasteiger partial charge < -0.3 is 10.6 Å². The van der Waals surface area contributed by atoms with Crippen molar-refractivity contribution in [3.63, 3.8) is 0 Å². The Kier molecular flexibility index (Phi) is 3.08. The maximum Gasteiger partial charge on any atom is 0.0849 e. The molecule has 3 nitrogen and oxygen atoms in total. The van der Waals surface area contributed by atoms with Crippen molar-refractivity contribution in [3.05, 3.63) is 29.3 Å². The fourth-order valence-electron chi connectivity index (χ4n) is 2.67. The summed E-state index contributed by atoms with van der Waals surface area (Å²) in [5.41, 5.74) is 8.52. The zero-order valence-electron chi connectivity index (χ0n) is 10.5. The number of benzene rings is 1. The van der Waals surface area contributed by atoms with Crippen LogP contribution in [-0.4, -0.2) is 25.0 Å². The molecule has 0 radical (unpaired) electrons. The third kappa shape index (κ3) is 2.13. The predicted octanol–water partition coefficient (Wildman–Crippen LogP) is 2.06. The SMILES string of the molecule is Cc1cc(N)ccc1C1(C#N)CCN(C)CC1. The van der Waals surface area contributed by atoms with Crippen LogP contribution in [0.1, 0.15) is 24.0 Å². The van der Waals surface area contributed by atoms with Crippen molar-refractivity contribution in [3.8, 4) is 6.07 Å². The summed E-state index contributed by atoms with van der Waals surface area (Å²) in [5, 5.41) is 9.58. The predicted molar refractivity (Wildman–Crippen MR) is 69.6 cm³/mol. The monoisotopic (exact) mass is 229 g/mol. The van der Waals surface area contributed by atoms with Gasteiger partial charge in [-0.2, -0.15) is 5.26 Å². The minimum atomic E-state index is -0.315. The smallest absolute Gasteiger partial charge is 0.0849 e. The Labute approximate surface area is 103 Å². The van der Waals surface area contributed by atoms with Gasteiger partial charge in [0.25, 0.3) is 0 Å². The number of nitrogen functional groups attached to an aromatic ring is 1. The number of hydrogen-bond acceptors (Lipinski definition) is 3. The molecule has 0 spiro atoms. The minimum Gasteiger partial charge on any atom is -0.399 e. The first-order valence-corrected chi connectivity index (χ1v) is 6.04. The van der Waals surface area contributed by atoms with Crippen LogP contribution in [0.25, 0.3) is 0 Å². The Morgan fingerprint density at radius 1 is 1.35 bits per heavy atom. The van der Waals surface area contributed by atoms with Gasteiger partial charge in [-0.15, -0.1) is 0 Å². The summed E-state index contributed by atoms with van der Waals surface area (Å²) in [5.74, 6) is 0. The molecular weight excluding hydrogens is 210 g/mol. The molecule has 90 valence electrons. The fraction of sp³-hybridized carbons (Fsp3) is 0.500. The first kappa shape index (κ1) is 11.9. The van der Waals surface area contributed by atoms with Crippen LogP contribution in [-0.2, 0) is 5.41 Å². The first-order valence-electron chi connectivity index (χ1n) is 6.04. The lowest BCUT2D eigenvalue weighted by atomic mass is 9.72. The molecule has 0 unspecified atom stereocenters. The molecule has 1 fully saturated rings. The van der Waals surface area contributed by atoms with E-state index >= 15 is 0 Å². The van der Waals surface area contributed by atoms with Crippen molar-refractivity contribution >= 4 is 5.69 Å². The molecule has 1 aromatic rings. The quantitative estimate of drug-likeness (QED) is 0.750. The van der Waals surface area contributed by atoms with E-state index in [-0.39, 0.29) is 5.41 Å². The van der Waals surface area contributed by atoms with E-state index in [1.54, 1.807) is 0 Å². The van der Waals surface area contributed by atoms with Gasteiger partial charge in [0, 0.05) is 5.69 Å². The Balaban J connectivity index is 2.39. The van der Waals surface area contributed by atoms with E-state index in [2.05, 4.69) is 18.0 Å². The molecule has 0 aromatic heterocycles. The van der Waals surface area contributed by atoms with Crippen LogP contribution in [0.15, 0.2) is 18.2 Å². The van der Waals surface area contributed by atoms with Crippen molar-refractivity contribution in [1.82, 2.24) is 4.90 Å². The fourth-order valence-corrected chi connectivity index (χ4v) is 2.67. The van der Waals surface area contributed by atoms with Crippen molar-refractivity contribution < 1.29 is 0 Å². The average molecular weight is 229 g/mol. The van der Waals surface area contributed by atoms with Crippen LogP contribution < -0.4 is 5.73 Å². The molecule has 1 aromatic carbocycles. The topological polar surface area (TPSA) is 53.1 Å². The highest BCUT2D eigenvalue weighted by molar-refractivity contribution is 5.49. The molecule has 0 saturated carbocycles. The molecule has 17 heavy (non-hydrogen) atoms. The number of likely N-dealkylation sites (tertiary alicyclic amines) is 1. The summed E-state index contributed by atoms with van der Waals surface area (Å²) in [7, 11) is 2.11. The summed E-state index contributed by atoms with van der Waals surface area (Å²) >= 11 is 0. The van der Waals surface area contributed by atoms with Gasteiger partial charge in [-0.3, -0.25) is 0 Å². The Morgan fingerprint density at radius 3 is 2.53 bits per heavy atom. The molecule has 3 heteroatoms. The van der Waals surface area contributed by atoms with Crippen LogP contribution in [0, 0.1) is 18.3 Å². The number of nitrogens with zero attached hydrogens (tertiary/aromatic N) is 2. The van der Waals surface area contributed by atoms with Gasteiger partial charge >= 0.3 is 0 Å². The van der Waals surface area contributed by atoms with E-state index in [9.17, 15) is 5.26 Å². The average Bonchev–Trinajstić information content (AvgIpc) is 2.31. The lowest BCUT2D eigenvalue weighted by Gasteiger charge is -2.36. The van der Waals surface area contributed by atoms with Crippen LogP contribution in [0.4, 0.5) is 5.69 Å². The molecule has 0 amide bonds. The standard InChI is InChI=1S/C14H19N3/c1-11-9-12(16)3-4-13(11)14(10-15)5-7-17(2)8-6-14/h3-4,9H,5-8,16H2,1-2H3. The second kappa shape index (κ2) is 4.38. The van der Waals surface area contributed by atoms with Gasteiger partial charge in [0.2, 0.25) is 0 Å². The Morgan fingerprint density at radius 2 is 2.00 bits per heavy atom. The zero-order chi connectivity index (χ0) is 12.5. The lowest BCUT2D eigenvalue weighted by molar-refractivity contribution is 0.221. The number of nitriles is 1. The van der Waals surface area contributed by atoms with Crippen molar-refractivity contribution in [2.24, 2.45) is 0 Å². The third-order valence-electron chi connectivity index (χ3n) is 3.82. The number of aryl methyl sites for hydroxylation is 1. The summed E-state index contributed by atoms with van der Waals surface area (Å²) in [4.78, 5) is 2.28. The Bertz CT molecular complexity index is 451. The molecule has 0 aliphatic carbocycles. The van der Waals surface area contributed by atoms with Gasteiger partial charge in [-0.05, 0) is 63.2 Å². The molecule has 0 atom stereocenters. The minimum absolute atomic E-state index is 0.315. The highest BCUT2D eigenvalue weighted by atomic mass is 15.1. The normalized spacial score (nSPS) is 19.8. The summed E-state index contributed by atoms with van der Waals surface area (Å²) < 4.78 is 0. The molecule has 1 saturated heterocycles. The number of hydrogen-bond donors (Lipinski definition) is 1. The second-order valence-electron chi connectivity index (χ2n) is 5.07. The van der Waals surface area contributed by atoms with Crippen molar-refractivity contribution in [2.45, 2.75) is 25.2 Å². The number of piperidine rings is 1. The number of rotatable bonds is 1.